The number of rotatable bonds is 3. The maximum atomic E-state index is 14.2. The minimum atomic E-state index is -0.529. The summed E-state index contributed by atoms with van der Waals surface area (Å²) in [5.41, 5.74) is 0.550. The standard InChI is InChI=1S/C14H12BrFO3/c1-18-11-7-9(16)12(14(19-2)13(11)15)8-5-3-4-6-10(8)17/h3-7,17H,1-2H3. The second-order valence-corrected chi connectivity index (χ2v) is 4.59. The molecule has 19 heavy (non-hydrogen) atoms. The molecule has 0 fully saturated rings. The zero-order valence-corrected chi connectivity index (χ0v) is 12.0. The van der Waals surface area contributed by atoms with E-state index in [9.17, 15) is 9.50 Å². The summed E-state index contributed by atoms with van der Waals surface area (Å²) < 4.78 is 25.0. The molecule has 100 valence electrons. The quantitative estimate of drug-likeness (QED) is 0.927. The highest BCUT2D eigenvalue weighted by atomic mass is 79.9. The largest absolute Gasteiger partial charge is 0.507 e. The number of methoxy groups -OCH3 is 2. The van der Waals surface area contributed by atoms with Crippen molar-refractivity contribution in [3.05, 3.63) is 40.6 Å². The average Bonchev–Trinajstić information content (AvgIpc) is 2.41. The van der Waals surface area contributed by atoms with Crippen molar-refractivity contribution in [2.24, 2.45) is 0 Å². The van der Waals surface area contributed by atoms with Crippen molar-refractivity contribution in [1.82, 2.24) is 0 Å². The van der Waals surface area contributed by atoms with Crippen LogP contribution in [0.25, 0.3) is 11.1 Å². The Kier molecular flexibility index (Phi) is 3.95. The number of para-hydroxylation sites is 1. The van der Waals surface area contributed by atoms with E-state index in [0.29, 0.717) is 15.8 Å². The minimum absolute atomic E-state index is 0.0169. The summed E-state index contributed by atoms with van der Waals surface area (Å²) in [4.78, 5) is 0. The molecule has 5 heteroatoms. The maximum absolute atomic E-state index is 14.2. The van der Waals surface area contributed by atoms with Gasteiger partial charge in [-0.15, -0.1) is 0 Å². The summed E-state index contributed by atoms with van der Waals surface area (Å²) in [6.45, 7) is 0. The molecule has 0 saturated heterocycles. The van der Waals surface area contributed by atoms with Crippen LogP contribution in [0.3, 0.4) is 0 Å². The molecule has 0 unspecified atom stereocenters. The SMILES string of the molecule is COc1cc(F)c(-c2ccccc2O)c(OC)c1Br. The van der Waals surface area contributed by atoms with Crippen LogP contribution in [0.5, 0.6) is 17.2 Å². The molecule has 2 aromatic carbocycles. The van der Waals surface area contributed by atoms with E-state index in [1.54, 1.807) is 18.2 Å². The second kappa shape index (κ2) is 5.48. The molecule has 0 aliphatic rings. The molecule has 0 heterocycles. The van der Waals surface area contributed by atoms with Crippen molar-refractivity contribution < 1.29 is 19.0 Å². The zero-order chi connectivity index (χ0) is 14.0. The molecule has 0 atom stereocenters. The van der Waals surface area contributed by atoms with Gasteiger partial charge in [0, 0.05) is 11.6 Å². The number of aromatic hydroxyl groups is 1. The summed E-state index contributed by atoms with van der Waals surface area (Å²) in [6.07, 6.45) is 0. The van der Waals surface area contributed by atoms with E-state index in [1.165, 1.54) is 26.4 Å². The molecule has 1 N–H and O–H groups in total. The highest BCUT2D eigenvalue weighted by molar-refractivity contribution is 9.10. The van der Waals surface area contributed by atoms with Crippen molar-refractivity contribution in [1.29, 1.82) is 0 Å². The first kappa shape index (κ1) is 13.7. The molecular formula is C14H12BrFO3. The topological polar surface area (TPSA) is 38.7 Å². The third-order valence-electron chi connectivity index (χ3n) is 2.74. The lowest BCUT2D eigenvalue weighted by atomic mass is 10.0. The predicted molar refractivity (Wildman–Crippen MR) is 74.3 cm³/mol. The Bertz CT molecular complexity index is 614. The fraction of sp³-hybridized carbons (Fsp3) is 0.143. The van der Waals surface area contributed by atoms with E-state index in [1.807, 2.05) is 0 Å². The van der Waals surface area contributed by atoms with E-state index in [4.69, 9.17) is 9.47 Å². The van der Waals surface area contributed by atoms with Gasteiger partial charge in [0.15, 0.2) is 0 Å². The maximum Gasteiger partial charge on any atom is 0.147 e. The van der Waals surface area contributed by atoms with Crippen molar-refractivity contribution in [2.75, 3.05) is 14.2 Å². The smallest absolute Gasteiger partial charge is 0.147 e. The predicted octanol–water partition coefficient (Wildman–Crippen LogP) is 3.98. The fourth-order valence-corrected chi connectivity index (χ4v) is 2.49. The van der Waals surface area contributed by atoms with Crippen LogP contribution in [0.4, 0.5) is 4.39 Å². The van der Waals surface area contributed by atoms with E-state index in [2.05, 4.69) is 15.9 Å². The number of phenolic OH excluding ortho intramolecular Hbond substituents is 1. The van der Waals surface area contributed by atoms with E-state index < -0.39 is 5.82 Å². The first-order chi connectivity index (χ1) is 9.10. The van der Waals surface area contributed by atoms with Gasteiger partial charge in [-0.25, -0.2) is 4.39 Å². The number of hydrogen-bond donors (Lipinski definition) is 1. The number of benzene rings is 2. The first-order valence-corrected chi connectivity index (χ1v) is 6.27. The molecule has 2 aromatic rings. The lowest BCUT2D eigenvalue weighted by molar-refractivity contribution is 0.385. The first-order valence-electron chi connectivity index (χ1n) is 5.48. The fourth-order valence-electron chi connectivity index (χ4n) is 1.86. The summed E-state index contributed by atoms with van der Waals surface area (Å²) in [6, 6.07) is 7.74. The van der Waals surface area contributed by atoms with E-state index >= 15 is 0 Å². The number of hydrogen-bond acceptors (Lipinski definition) is 3. The summed E-state index contributed by atoms with van der Waals surface area (Å²) >= 11 is 3.31. The molecule has 0 radical (unpaired) electrons. The van der Waals surface area contributed by atoms with Gasteiger partial charge >= 0.3 is 0 Å². The molecule has 0 saturated carbocycles. The third-order valence-corrected chi connectivity index (χ3v) is 3.49. The van der Waals surface area contributed by atoms with Gasteiger partial charge < -0.3 is 14.6 Å². The molecular weight excluding hydrogens is 315 g/mol. The van der Waals surface area contributed by atoms with Gasteiger partial charge in [-0.2, -0.15) is 0 Å². The van der Waals surface area contributed by atoms with Crippen LogP contribution in [0.2, 0.25) is 0 Å². The molecule has 0 spiro atoms. The Morgan fingerprint density at radius 3 is 2.42 bits per heavy atom. The van der Waals surface area contributed by atoms with Gasteiger partial charge in [0.2, 0.25) is 0 Å². The number of ether oxygens (including phenoxy) is 2. The van der Waals surface area contributed by atoms with Gasteiger partial charge in [0.1, 0.15) is 27.5 Å². The molecule has 0 amide bonds. The zero-order valence-electron chi connectivity index (χ0n) is 10.4. The van der Waals surface area contributed by atoms with Crippen LogP contribution in [-0.2, 0) is 0 Å². The Hall–Kier alpha value is -1.75. The number of phenols is 1. The Balaban J connectivity index is 2.77. The third kappa shape index (κ3) is 2.38. The van der Waals surface area contributed by atoms with Crippen LogP contribution in [0, 0.1) is 5.82 Å². The van der Waals surface area contributed by atoms with Crippen LogP contribution in [0.1, 0.15) is 0 Å². The van der Waals surface area contributed by atoms with Crippen molar-refractivity contribution in [3.63, 3.8) is 0 Å². The van der Waals surface area contributed by atoms with Gasteiger partial charge in [-0.3, -0.25) is 0 Å². The van der Waals surface area contributed by atoms with Crippen LogP contribution in [0.15, 0.2) is 34.8 Å². The molecule has 0 aliphatic carbocycles. The highest BCUT2D eigenvalue weighted by Crippen LogP contribution is 2.45. The van der Waals surface area contributed by atoms with Gasteiger partial charge in [-0.1, -0.05) is 18.2 Å². The van der Waals surface area contributed by atoms with Crippen LogP contribution in [-0.4, -0.2) is 19.3 Å². The second-order valence-electron chi connectivity index (χ2n) is 3.80. The Labute approximate surface area is 118 Å². The monoisotopic (exact) mass is 326 g/mol. The Morgan fingerprint density at radius 2 is 1.84 bits per heavy atom. The number of halogens is 2. The molecule has 0 aliphatic heterocycles. The van der Waals surface area contributed by atoms with Gasteiger partial charge in [0.25, 0.3) is 0 Å². The van der Waals surface area contributed by atoms with Crippen molar-refractivity contribution in [2.45, 2.75) is 0 Å². The molecule has 0 bridgehead atoms. The minimum Gasteiger partial charge on any atom is -0.507 e. The van der Waals surface area contributed by atoms with Crippen molar-refractivity contribution >= 4 is 15.9 Å². The Morgan fingerprint density at radius 1 is 1.16 bits per heavy atom. The van der Waals surface area contributed by atoms with Crippen molar-refractivity contribution in [3.8, 4) is 28.4 Å². The highest BCUT2D eigenvalue weighted by Gasteiger charge is 2.21. The normalized spacial score (nSPS) is 10.3. The van der Waals surface area contributed by atoms with Gasteiger partial charge in [-0.05, 0) is 22.0 Å². The van der Waals surface area contributed by atoms with E-state index in [0.717, 1.165) is 0 Å². The summed E-state index contributed by atoms with van der Waals surface area (Å²) in [5.74, 6) is 0.0574. The van der Waals surface area contributed by atoms with Gasteiger partial charge in [0.05, 0.1) is 19.8 Å². The summed E-state index contributed by atoms with van der Waals surface area (Å²) in [7, 11) is 2.88. The molecule has 2 rings (SSSR count). The molecule has 0 aromatic heterocycles. The van der Waals surface area contributed by atoms with Crippen LogP contribution >= 0.6 is 15.9 Å². The van der Waals surface area contributed by atoms with Crippen LogP contribution < -0.4 is 9.47 Å². The molecule has 3 nitrogen and oxygen atoms in total. The lowest BCUT2D eigenvalue weighted by Gasteiger charge is -2.15. The average molecular weight is 327 g/mol. The summed E-state index contributed by atoms with van der Waals surface area (Å²) in [5, 5.41) is 9.86. The van der Waals surface area contributed by atoms with E-state index in [-0.39, 0.29) is 17.1 Å². The lowest BCUT2D eigenvalue weighted by Crippen LogP contribution is -1.96.